The van der Waals surface area contributed by atoms with Crippen molar-refractivity contribution in [1.29, 1.82) is 5.26 Å². The van der Waals surface area contributed by atoms with Crippen molar-refractivity contribution < 1.29 is 24.2 Å². The number of benzene rings is 3. The molecule has 0 aliphatic heterocycles. The predicted molar refractivity (Wildman–Crippen MR) is 137 cm³/mol. The maximum Gasteiger partial charge on any atom is 0.335 e. The molecular weight excluding hydrogens is 547 g/mol. The van der Waals surface area contributed by atoms with Crippen LogP contribution in [-0.4, -0.2) is 24.1 Å². The van der Waals surface area contributed by atoms with Crippen LogP contribution in [0.15, 0.2) is 66.2 Å². The predicted octanol–water partition coefficient (Wildman–Crippen LogP) is 5.43. The Balaban J connectivity index is 1.81. The molecule has 0 heterocycles. The highest BCUT2D eigenvalue weighted by molar-refractivity contribution is 14.1. The van der Waals surface area contributed by atoms with E-state index in [1.807, 2.05) is 37.3 Å². The number of ether oxygens (including phenoxy) is 2. The van der Waals surface area contributed by atoms with Crippen molar-refractivity contribution in [2.75, 3.05) is 12.4 Å². The van der Waals surface area contributed by atoms with E-state index in [0.29, 0.717) is 23.7 Å². The zero-order chi connectivity index (χ0) is 24.7. The van der Waals surface area contributed by atoms with Gasteiger partial charge in [-0.05, 0) is 77.0 Å². The number of nitriles is 1. The van der Waals surface area contributed by atoms with Gasteiger partial charge in [-0.25, -0.2) is 4.79 Å². The van der Waals surface area contributed by atoms with Crippen molar-refractivity contribution in [3.05, 3.63) is 92.1 Å². The fraction of sp³-hybridized carbons (Fsp3) is 0.115. The smallest absolute Gasteiger partial charge is 0.335 e. The molecule has 34 heavy (non-hydrogen) atoms. The molecule has 3 aromatic carbocycles. The molecule has 0 atom stereocenters. The number of hydrogen-bond donors (Lipinski definition) is 2. The summed E-state index contributed by atoms with van der Waals surface area (Å²) >= 11 is 2.11. The van der Waals surface area contributed by atoms with Gasteiger partial charge in [0.2, 0.25) is 0 Å². The zero-order valence-electron chi connectivity index (χ0n) is 18.5. The highest BCUT2D eigenvalue weighted by Crippen LogP contribution is 2.35. The number of anilines is 1. The summed E-state index contributed by atoms with van der Waals surface area (Å²) in [6.07, 6.45) is 1.44. The number of methoxy groups -OCH3 is 1. The number of rotatable bonds is 8. The van der Waals surface area contributed by atoms with Crippen molar-refractivity contribution in [1.82, 2.24) is 0 Å². The Morgan fingerprint density at radius 3 is 2.53 bits per heavy atom. The fourth-order valence-corrected chi connectivity index (χ4v) is 3.83. The lowest BCUT2D eigenvalue weighted by Gasteiger charge is -2.14. The Morgan fingerprint density at radius 1 is 1.15 bits per heavy atom. The van der Waals surface area contributed by atoms with Gasteiger partial charge in [-0.2, -0.15) is 5.26 Å². The van der Waals surface area contributed by atoms with Crippen molar-refractivity contribution in [2.24, 2.45) is 0 Å². The Labute approximate surface area is 210 Å². The minimum atomic E-state index is -1.11. The first kappa shape index (κ1) is 24.8. The van der Waals surface area contributed by atoms with Crippen LogP contribution in [0.4, 0.5) is 5.69 Å². The number of amides is 1. The van der Waals surface area contributed by atoms with E-state index in [-0.39, 0.29) is 16.8 Å². The van der Waals surface area contributed by atoms with Gasteiger partial charge in [0.15, 0.2) is 11.5 Å². The lowest BCUT2D eigenvalue weighted by atomic mass is 10.1. The van der Waals surface area contributed by atoms with Crippen LogP contribution in [0.25, 0.3) is 6.08 Å². The summed E-state index contributed by atoms with van der Waals surface area (Å²) in [5.74, 6) is -0.733. The first-order chi connectivity index (χ1) is 16.3. The van der Waals surface area contributed by atoms with E-state index in [0.717, 1.165) is 9.13 Å². The summed E-state index contributed by atoms with van der Waals surface area (Å²) in [6.45, 7) is 2.38. The van der Waals surface area contributed by atoms with Crippen molar-refractivity contribution in [2.45, 2.75) is 13.5 Å². The Hall–Kier alpha value is -3.84. The molecule has 2 N–H and O–H groups in total. The molecule has 3 rings (SSSR count). The van der Waals surface area contributed by atoms with E-state index in [1.54, 1.807) is 18.2 Å². The Bertz CT molecular complexity index is 1290. The van der Waals surface area contributed by atoms with E-state index in [9.17, 15) is 14.9 Å². The molecule has 0 aliphatic carbocycles. The lowest BCUT2D eigenvalue weighted by molar-refractivity contribution is -0.112. The minimum Gasteiger partial charge on any atom is -0.493 e. The van der Waals surface area contributed by atoms with Gasteiger partial charge in [0.1, 0.15) is 18.2 Å². The van der Waals surface area contributed by atoms with Gasteiger partial charge >= 0.3 is 5.97 Å². The fourth-order valence-electron chi connectivity index (χ4n) is 3.05. The molecule has 0 fully saturated rings. The molecule has 7 nitrogen and oxygen atoms in total. The quantitative estimate of drug-likeness (QED) is 0.213. The second kappa shape index (κ2) is 11.3. The molecule has 0 spiro atoms. The number of hydrogen-bond acceptors (Lipinski definition) is 5. The van der Waals surface area contributed by atoms with Crippen LogP contribution in [-0.2, 0) is 11.4 Å². The maximum absolute atomic E-state index is 12.6. The van der Waals surface area contributed by atoms with E-state index in [4.69, 9.17) is 14.6 Å². The van der Waals surface area contributed by atoms with Gasteiger partial charge in [0.05, 0.1) is 16.2 Å². The van der Waals surface area contributed by atoms with Gasteiger partial charge < -0.3 is 19.9 Å². The Kier molecular flexibility index (Phi) is 8.27. The van der Waals surface area contributed by atoms with Gasteiger partial charge in [-0.1, -0.05) is 35.9 Å². The van der Waals surface area contributed by atoms with Crippen LogP contribution in [0, 0.1) is 21.8 Å². The summed E-state index contributed by atoms with van der Waals surface area (Å²) in [5, 5.41) is 21.2. The zero-order valence-corrected chi connectivity index (χ0v) is 20.6. The highest BCUT2D eigenvalue weighted by atomic mass is 127. The van der Waals surface area contributed by atoms with Crippen molar-refractivity contribution >= 4 is 46.2 Å². The molecule has 0 unspecified atom stereocenters. The molecule has 8 heteroatoms. The number of nitrogens with zero attached hydrogens (tertiary/aromatic N) is 1. The van der Waals surface area contributed by atoms with Gasteiger partial charge in [-0.3, -0.25) is 4.79 Å². The van der Waals surface area contributed by atoms with Crippen molar-refractivity contribution in [3.63, 3.8) is 0 Å². The van der Waals surface area contributed by atoms with Gasteiger partial charge in [0.25, 0.3) is 5.91 Å². The monoisotopic (exact) mass is 568 g/mol. The number of nitrogens with one attached hydrogen (secondary N) is 1. The summed E-state index contributed by atoms with van der Waals surface area (Å²) < 4.78 is 12.2. The molecule has 0 aromatic heterocycles. The minimum absolute atomic E-state index is 0.0285. The number of halogens is 1. The number of aromatic carboxylic acids is 1. The molecular formula is C26H21IN2O5. The van der Waals surface area contributed by atoms with Crippen LogP contribution < -0.4 is 14.8 Å². The third-order valence-electron chi connectivity index (χ3n) is 4.80. The third-order valence-corrected chi connectivity index (χ3v) is 5.60. The first-order valence-corrected chi connectivity index (χ1v) is 11.2. The second-order valence-electron chi connectivity index (χ2n) is 7.32. The summed E-state index contributed by atoms with van der Waals surface area (Å²) in [4.78, 5) is 23.7. The molecule has 0 saturated carbocycles. The van der Waals surface area contributed by atoms with Crippen LogP contribution in [0.5, 0.6) is 11.5 Å². The average molecular weight is 568 g/mol. The molecule has 0 bridgehead atoms. The first-order valence-electron chi connectivity index (χ1n) is 10.1. The normalized spacial score (nSPS) is 10.8. The molecule has 3 aromatic rings. The van der Waals surface area contributed by atoms with E-state index < -0.39 is 11.9 Å². The molecule has 0 saturated heterocycles. The lowest BCUT2D eigenvalue weighted by Crippen LogP contribution is -2.14. The molecule has 0 radical (unpaired) electrons. The van der Waals surface area contributed by atoms with Gasteiger partial charge in [-0.15, -0.1) is 0 Å². The van der Waals surface area contributed by atoms with Crippen LogP contribution in [0.3, 0.4) is 0 Å². The van der Waals surface area contributed by atoms with Crippen LogP contribution >= 0.6 is 22.6 Å². The molecule has 1 amide bonds. The summed E-state index contributed by atoms with van der Waals surface area (Å²) in [6, 6.07) is 19.2. The number of carboxylic acids is 1. The standard InChI is InChI=1S/C26H21IN2O5/c1-16-6-8-17(9-7-16)15-34-24-22(27)11-18(12-23(24)33-2)10-20(14-28)25(30)29-21-5-3-4-19(13-21)26(31)32/h3-13H,15H2,1-2H3,(H,29,30)(H,31,32)/b20-10-. The molecule has 0 aliphatic rings. The number of aryl methyl sites for hydroxylation is 1. The number of carbonyl (C=O) groups excluding carboxylic acids is 1. The number of carbonyl (C=O) groups is 2. The maximum atomic E-state index is 12.6. The molecule has 172 valence electrons. The van der Waals surface area contributed by atoms with E-state index >= 15 is 0 Å². The topological polar surface area (TPSA) is 109 Å². The van der Waals surface area contributed by atoms with Crippen LogP contribution in [0.2, 0.25) is 0 Å². The largest absolute Gasteiger partial charge is 0.493 e. The van der Waals surface area contributed by atoms with E-state index in [1.165, 1.54) is 36.9 Å². The van der Waals surface area contributed by atoms with Crippen LogP contribution in [0.1, 0.15) is 27.0 Å². The number of carboxylic acid groups (broad SMARTS) is 1. The second-order valence-corrected chi connectivity index (χ2v) is 8.48. The Morgan fingerprint density at radius 2 is 1.88 bits per heavy atom. The third kappa shape index (κ3) is 6.36. The van der Waals surface area contributed by atoms with Gasteiger partial charge in [0, 0.05) is 5.69 Å². The summed E-state index contributed by atoms with van der Waals surface area (Å²) in [5.41, 5.74) is 2.92. The van der Waals surface area contributed by atoms with Crippen molar-refractivity contribution in [3.8, 4) is 17.6 Å². The highest BCUT2D eigenvalue weighted by Gasteiger charge is 2.15. The average Bonchev–Trinajstić information content (AvgIpc) is 2.82. The van der Waals surface area contributed by atoms with E-state index in [2.05, 4.69) is 27.9 Å². The SMILES string of the molecule is COc1cc(/C=C(/C#N)C(=O)Nc2cccc(C(=O)O)c2)cc(I)c1OCc1ccc(C)cc1. The summed E-state index contributed by atoms with van der Waals surface area (Å²) in [7, 11) is 1.52.